The summed E-state index contributed by atoms with van der Waals surface area (Å²) in [6.45, 7) is 3.00. The van der Waals surface area contributed by atoms with Crippen LogP contribution in [0.1, 0.15) is 24.6 Å². The second-order valence-corrected chi connectivity index (χ2v) is 3.81. The molecule has 6 nitrogen and oxygen atoms in total. The highest BCUT2D eigenvalue weighted by Crippen LogP contribution is 2.04. The summed E-state index contributed by atoms with van der Waals surface area (Å²) in [4.78, 5) is 4.06. The van der Waals surface area contributed by atoms with Crippen LogP contribution in [0.15, 0.2) is 23.5 Å². The number of aromatic nitrogens is 1. The summed E-state index contributed by atoms with van der Waals surface area (Å²) < 4.78 is 0. The number of nitrogens with two attached hydrogens (primary N) is 1. The Kier molecular flexibility index (Phi) is 5.38. The van der Waals surface area contributed by atoms with Crippen LogP contribution in [0, 0.1) is 0 Å². The Bertz CT molecular complexity index is 379. The molecule has 0 saturated heterocycles. The Labute approximate surface area is 100 Å². The summed E-state index contributed by atoms with van der Waals surface area (Å²) in [5.41, 5.74) is 6.84. The van der Waals surface area contributed by atoms with Crippen LogP contribution in [-0.2, 0) is 6.54 Å². The number of pyridine rings is 1. The first-order valence-electron chi connectivity index (χ1n) is 5.45. The van der Waals surface area contributed by atoms with Crippen molar-refractivity contribution in [2.75, 3.05) is 6.54 Å². The topological polar surface area (TPSA) is 104 Å². The van der Waals surface area contributed by atoms with Crippen LogP contribution in [0.25, 0.3) is 0 Å². The van der Waals surface area contributed by atoms with E-state index in [0.717, 1.165) is 5.56 Å². The molecule has 0 bridgehead atoms. The molecule has 94 valence electrons. The van der Waals surface area contributed by atoms with Gasteiger partial charge in [0.25, 0.3) is 0 Å². The quantitative estimate of drug-likeness (QED) is 0.184. The number of nitrogens with one attached hydrogen (secondary N) is 1. The van der Waals surface area contributed by atoms with Crippen LogP contribution in [0.4, 0.5) is 0 Å². The highest BCUT2D eigenvalue weighted by atomic mass is 16.4. The van der Waals surface area contributed by atoms with E-state index in [1.807, 2.05) is 6.07 Å². The lowest BCUT2D eigenvalue weighted by atomic mass is 10.1. The largest absolute Gasteiger partial charge is 0.409 e. The lowest BCUT2D eigenvalue weighted by Crippen LogP contribution is -2.23. The van der Waals surface area contributed by atoms with Crippen LogP contribution >= 0.6 is 0 Å². The molecule has 17 heavy (non-hydrogen) atoms. The van der Waals surface area contributed by atoms with Gasteiger partial charge in [0.2, 0.25) is 0 Å². The highest BCUT2D eigenvalue weighted by Gasteiger charge is 2.07. The van der Waals surface area contributed by atoms with Gasteiger partial charge in [-0.3, -0.25) is 4.98 Å². The summed E-state index contributed by atoms with van der Waals surface area (Å²) in [5, 5.41) is 23.8. The van der Waals surface area contributed by atoms with Crippen LogP contribution < -0.4 is 11.1 Å². The molecule has 0 aromatic carbocycles. The number of aliphatic hydroxyl groups is 1. The molecule has 0 saturated carbocycles. The van der Waals surface area contributed by atoms with Crippen molar-refractivity contribution in [2.45, 2.75) is 26.0 Å². The van der Waals surface area contributed by atoms with Crippen molar-refractivity contribution >= 4 is 5.84 Å². The summed E-state index contributed by atoms with van der Waals surface area (Å²) in [6, 6.07) is 3.65. The molecule has 0 spiro atoms. The minimum Gasteiger partial charge on any atom is -0.409 e. The summed E-state index contributed by atoms with van der Waals surface area (Å²) in [5.74, 6) is -0.00192. The fraction of sp³-hybridized carbons (Fsp3) is 0.455. The molecule has 0 aliphatic heterocycles. The van der Waals surface area contributed by atoms with E-state index >= 15 is 0 Å². The Balaban J connectivity index is 2.58. The first kappa shape index (κ1) is 13.4. The first-order valence-corrected chi connectivity index (χ1v) is 5.45. The molecular formula is C11H18N4O2. The molecule has 6 heteroatoms. The van der Waals surface area contributed by atoms with Gasteiger partial charge < -0.3 is 21.4 Å². The van der Waals surface area contributed by atoms with E-state index in [9.17, 15) is 0 Å². The molecule has 1 atom stereocenters. The van der Waals surface area contributed by atoms with Gasteiger partial charge in [0, 0.05) is 12.7 Å². The van der Waals surface area contributed by atoms with E-state index in [0.29, 0.717) is 25.2 Å². The number of oxime groups is 1. The predicted molar refractivity (Wildman–Crippen MR) is 64.8 cm³/mol. The normalized spacial score (nSPS) is 13.6. The van der Waals surface area contributed by atoms with Crippen LogP contribution in [-0.4, -0.2) is 33.8 Å². The van der Waals surface area contributed by atoms with Crippen LogP contribution in [0.2, 0.25) is 0 Å². The lowest BCUT2D eigenvalue weighted by Gasteiger charge is -2.09. The molecular weight excluding hydrogens is 220 g/mol. The van der Waals surface area contributed by atoms with Gasteiger partial charge in [0.15, 0.2) is 5.84 Å². The maximum atomic E-state index is 9.11. The van der Waals surface area contributed by atoms with Crippen LogP contribution in [0.3, 0.4) is 0 Å². The molecule has 1 rings (SSSR count). The molecule has 0 amide bonds. The molecule has 1 aromatic rings. The fourth-order valence-electron chi connectivity index (χ4n) is 1.39. The first-order chi connectivity index (χ1) is 8.15. The maximum absolute atomic E-state index is 9.11. The zero-order chi connectivity index (χ0) is 12.7. The predicted octanol–water partition coefficient (Wildman–Crippen LogP) is 0.0366. The average molecular weight is 238 g/mol. The van der Waals surface area contributed by atoms with Gasteiger partial charge in [0.1, 0.15) is 5.69 Å². The summed E-state index contributed by atoms with van der Waals surface area (Å²) in [6.07, 6.45) is 1.95. The van der Waals surface area contributed by atoms with E-state index < -0.39 is 0 Å². The van der Waals surface area contributed by atoms with Crippen molar-refractivity contribution in [3.8, 4) is 0 Å². The van der Waals surface area contributed by atoms with Gasteiger partial charge >= 0.3 is 0 Å². The molecule has 0 fully saturated rings. The number of amidine groups is 1. The number of hydrogen-bond donors (Lipinski definition) is 4. The van der Waals surface area contributed by atoms with Crippen molar-refractivity contribution in [3.05, 3.63) is 29.6 Å². The van der Waals surface area contributed by atoms with Gasteiger partial charge in [-0.05, 0) is 31.5 Å². The highest BCUT2D eigenvalue weighted by molar-refractivity contribution is 5.96. The standard InChI is InChI=1S/C11H18N4O2/c1-8(16)4-6-13-7-9-3-2-5-14-10(9)11(12)15-17/h2-3,5,8,13,16-17H,4,6-7H2,1H3,(H2,12,15). The Morgan fingerprint density at radius 1 is 1.65 bits per heavy atom. The second-order valence-electron chi connectivity index (χ2n) is 3.81. The van der Waals surface area contributed by atoms with E-state index in [1.165, 1.54) is 0 Å². The third-order valence-corrected chi connectivity index (χ3v) is 2.30. The minimum atomic E-state index is -0.319. The van der Waals surface area contributed by atoms with Crippen molar-refractivity contribution in [1.29, 1.82) is 0 Å². The van der Waals surface area contributed by atoms with E-state index in [2.05, 4.69) is 15.5 Å². The summed E-state index contributed by atoms with van der Waals surface area (Å²) in [7, 11) is 0. The van der Waals surface area contributed by atoms with Crippen molar-refractivity contribution in [2.24, 2.45) is 10.9 Å². The minimum absolute atomic E-state index is 0.00192. The Morgan fingerprint density at radius 2 is 2.41 bits per heavy atom. The lowest BCUT2D eigenvalue weighted by molar-refractivity contribution is 0.183. The average Bonchev–Trinajstić information content (AvgIpc) is 2.34. The van der Waals surface area contributed by atoms with E-state index in [1.54, 1.807) is 19.2 Å². The third-order valence-electron chi connectivity index (χ3n) is 2.30. The van der Waals surface area contributed by atoms with Crippen molar-refractivity contribution in [3.63, 3.8) is 0 Å². The van der Waals surface area contributed by atoms with Gasteiger partial charge in [0.05, 0.1) is 6.10 Å². The SMILES string of the molecule is CC(O)CCNCc1cccnc1C(N)=NO. The Hall–Kier alpha value is -1.66. The molecule has 1 unspecified atom stereocenters. The van der Waals surface area contributed by atoms with Gasteiger partial charge in [-0.15, -0.1) is 0 Å². The number of hydrogen-bond acceptors (Lipinski definition) is 5. The second kappa shape index (κ2) is 6.82. The van der Waals surface area contributed by atoms with E-state index in [4.69, 9.17) is 16.0 Å². The monoisotopic (exact) mass is 238 g/mol. The van der Waals surface area contributed by atoms with Crippen LogP contribution in [0.5, 0.6) is 0 Å². The van der Waals surface area contributed by atoms with Gasteiger partial charge in [-0.25, -0.2) is 0 Å². The van der Waals surface area contributed by atoms with Crippen molar-refractivity contribution in [1.82, 2.24) is 10.3 Å². The van der Waals surface area contributed by atoms with E-state index in [-0.39, 0.29) is 11.9 Å². The smallest absolute Gasteiger partial charge is 0.189 e. The summed E-state index contributed by atoms with van der Waals surface area (Å²) >= 11 is 0. The molecule has 1 heterocycles. The third kappa shape index (κ3) is 4.38. The van der Waals surface area contributed by atoms with Gasteiger partial charge in [-0.2, -0.15) is 0 Å². The molecule has 0 radical (unpaired) electrons. The van der Waals surface area contributed by atoms with Crippen molar-refractivity contribution < 1.29 is 10.3 Å². The number of nitrogens with zero attached hydrogens (tertiary/aromatic N) is 2. The van der Waals surface area contributed by atoms with Gasteiger partial charge in [-0.1, -0.05) is 11.2 Å². The Morgan fingerprint density at radius 3 is 3.06 bits per heavy atom. The molecule has 1 aromatic heterocycles. The fourth-order valence-corrected chi connectivity index (χ4v) is 1.39. The number of aliphatic hydroxyl groups excluding tert-OH is 1. The maximum Gasteiger partial charge on any atom is 0.189 e. The number of rotatable bonds is 6. The molecule has 0 aliphatic rings. The molecule has 5 N–H and O–H groups in total. The zero-order valence-corrected chi connectivity index (χ0v) is 9.80. The molecule has 0 aliphatic carbocycles. The zero-order valence-electron chi connectivity index (χ0n) is 9.80.